The Kier molecular flexibility index (Phi) is 8.47. The zero-order chi connectivity index (χ0) is 25.7. The lowest BCUT2D eigenvalue weighted by Crippen LogP contribution is -2.48. The molecule has 1 saturated heterocycles. The summed E-state index contributed by atoms with van der Waals surface area (Å²) in [6.45, 7) is 1.87. The van der Waals surface area contributed by atoms with Crippen LogP contribution in [-0.2, 0) is 4.79 Å². The fourth-order valence-corrected chi connectivity index (χ4v) is 3.64. The first-order valence-corrected chi connectivity index (χ1v) is 10.1. The number of carboxylic acid groups (broad SMARTS) is 1. The molecule has 3 heterocycles. The molecule has 2 aromatic heterocycles. The smallest absolute Gasteiger partial charge is 0.490 e. The molecule has 0 aliphatic carbocycles. The number of carbonyl (C=O) groups excluding carboxylic acids is 2. The van der Waals surface area contributed by atoms with Crippen molar-refractivity contribution in [1.29, 1.82) is 0 Å². The van der Waals surface area contributed by atoms with Gasteiger partial charge in [-0.25, -0.2) is 9.78 Å². The van der Waals surface area contributed by atoms with Crippen LogP contribution in [0.15, 0.2) is 30.5 Å². The number of piperazine rings is 1. The van der Waals surface area contributed by atoms with Crippen molar-refractivity contribution in [2.45, 2.75) is 12.4 Å². The van der Waals surface area contributed by atoms with Crippen LogP contribution in [0.1, 0.15) is 19.3 Å². The van der Waals surface area contributed by atoms with Crippen molar-refractivity contribution < 1.29 is 50.6 Å². The summed E-state index contributed by atoms with van der Waals surface area (Å²) in [4.78, 5) is 40.2. The van der Waals surface area contributed by atoms with Crippen LogP contribution in [0.3, 0.4) is 0 Å². The highest BCUT2D eigenvalue weighted by Gasteiger charge is 2.40. The maximum Gasteiger partial charge on any atom is 0.490 e. The second-order valence-electron chi connectivity index (χ2n) is 6.63. The summed E-state index contributed by atoms with van der Waals surface area (Å²) >= 11 is 0.568. The van der Waals surface area contributed by atoms with Crippen molar-refractivity contribution in [3.63, 3.8) is 0 Å². The van der Waals surface area contributed by atoms with Crippen LogP contribution in [0.5, 0.6) is 5.75 Å². The molecule has 1 fully saturated rings. The summed E-state index contributed by atoms with van der Waals surface area (Å²) in [6.07, 6.45) is -8.39. The summed E-state index contributed by atoms with van der Waals surface area (Å²) in [5.74, 6) is -3.65. The molecule has 0 spiro atoms. The Morgan fingerprint density at radius 3 is 2.03 bits per heavy atom. The SMILES string of the molecule is COc1ccnc(N2CCN(C(=O)c3ccc(C(=O)C(F)(F)F)s3)CC2)c1.O=C(O)C(F)(F)F. The minimum absolute atomic E-state index is 0.121. The average molecular weight is 513 g/mol. The molecule has 186 valence electrons. The van der Waals surface area contributed by atoms with Gasteiger partial charge in [0.05, 0.1) is 16.9 Å². The second kappa shape index (κ2) is 10.7. The molecule has 0 atom stereocenters. The van der Waals surface area contributed by atoms with Gasteiger partial charge in [0, 0.05) is 38.4 Å². The van der Waals surface area contributed by atoms with Gasteiger partial charge < -0.3 is 19.6 Å². The number of amides is 1. The number of aromatic nitrogens is 1. The molecule has 34 heavy (non-hydrogen) atoms. The summed E-state index contributed by atoms with van der Waals surface area (Å²) in [5, 5.41) is 7.12. The third-order valence-electron chi connectivity index (χ3n) is 4.38. The molecule has 1 amide bonds. The van der Waals surface area contributed by atoms with Crippen LogP contribution in [-0.4, -0.2) is 78.3 Å². The van der Waals surface area contributed by atoms with E-state index in [0.29, 0.717) is 43.3 Å². The number of methoxy groups -OCH3 is 1. The number of ketones is 1. The molecule has 1 aliphatic rings. The number of thiophene rings is 1. The van der Waals surface area contributed by atoms with Gasteiger partial charge in [-0.1, -0.05) is 0 Å². The minimum atomic E-state index is -5.08. The lowest BCUT2D eigenvalue weighted by atomic mass is 10.2. The lowest BCUT2D eigenvalue weighted by Gasteiger charge is -2.35. The Labute approximate surface area is 192 Å². The number of hydrogen-bond acceptors (Lipinski definition) is 7. The number of carboxylic acids is 1. The molecule has 1 N–H and O–H groups in total. The molecule has 2 aromatic rings. The number of halogens is 6. The molecule has 15 heteroatoms. The van der Waals surface area contributed by atoms with E-state index in [-0.39, 0.29) is 10.8 Å². The van der Waals surface area contributed by atoms with Gasteiger partial charge >= 0.3 is 18.3 Å². The zero-order valence-corrected chi connectivity index (χ0v) is 18.1. The molecular formula is C19H17F6N3O5S. The summed E-state index contributed by atoms with van der Waals surface area (Å²) in [5.41, 5.74) is 0. The number of ether oxygens (including phenoxy) is 1. The fraction of sp³-hybridized carbons (Fsp3) is 0.368. The Morgan fingerprint density at radius 2 is 1.53 bits per heavy atom. The van der Waals surface area contributed by atoms with Crippen molar-refractivity contribution in [3.05, 3.63) is 40.2 Å². The fourth-order valence-electron chi connectivity index (χ4n) is 2.71. The first kappa shape index (κ1) is 26.9. The van der Waals surface area contributed by atoms with Crippen LogP contribution in [0.25, 0.3) is 0 Å². The lowest BCUT2D eigenvalue weighted by molar-refractivity contribution is -0.192. The van der Waals surface area contributed by atoms with Gasteiger partial charge in [0.1, 0.15) is 11.6 Å². The van der Waals surface area contributed by atoms with Gasteiger partial charge in [-0.05, 0) is 18.2 Å². The van der Waals surface area contributed by atoms with Crippen LogP contribution in [0.2, 0.25) is 0 Å². The van der Waals surface area contributed by atoms with Crippen molar-refractivity contribution in [2.75, 3.05) is 38.2 Å². The summed E-state index contributed by atoms with van der Waals surface area (Å²) < 4.78 is 74.4. The highest BCUT2D eigenvalue weighted by molar-refractivity contribution is 7.16. The number of pyridine rings is 1. The van der Waals surface area contributed by atoms with E-state index in [1.807, 2.05) is 4.90 Å². The monoisotopic (exact) mass is 513 g/mol. The van der Waals surface area contributed by atoms with Crippen LogP contribution >= 0.6 is 11.3 Å². The average Bonchev–Trinajstić information content (AvgIpc) is 3.27. The van der Waals surface area contributed by atoms with E-state index in [0.717, 1.165) is 11.9 Å². The molecule has 0 bridgehead atoms. The van der Waals surface area contributed by atoms with Gasteiger partial charge in [-0.2, -0.15) is 26.3 Å². The number of hydrogen-bond donors (Lipinski definition) is 1. The Balaban J connectivity index is 0.000000509. The molecule has 1 aliphatic heterocycles. The number of nitrogens with zero attached hydrogens (tertiary/aromatic N) is 3. The number of anilines is 1. The normalized spacial score (nSPS) is 14.2. The summed E-state index contributed by atoms with van der Waals surface area (Å²) in [6, 6.07) is 5.85. The van der Waals surface area contributed by atoms with Crippen molar-refractivity contribution in [1.82, 2.24) is 9.88 Å². The van der Waals surface area contributed by atoms with Crippen LogP contribution < -0.4 is 9.64 Å². The zero-order valence-electron chi connectivity index (χ0n) is 17.3. The number of aliphatic carboxylic acids is 1. The van der Waals surface area contributed by atoms with Gasteiger partial charge in [-0.3, -0.25) is 9.59 Å². The molecular weight excluding hydrogens is 496 g/mol. The first-order valence-electron chi connectivity index (χ1n) is 9.29. The third-order valence-corrected chi connectivity index (χ3v) is 5.46. The molecule has 0 radical (unpaired) electrons. The first-order chi connectivity index (χ1) is 15.7. The van der Waals surface area contributed by atoms with Gasteiger partial charge in [0.15, 0.2) is 0 Å². The van der Waals surface area contributed by atoms with E-state index in [4.69, 9.17) is 14.6 Å². The Morgan fingerprint density at radius 1 is 0.971 bits per heavy atom. The van der Waals surface area contributed by atoms with Crippen LogP contribution in [0, 0.1) is 0 Å². The van der Waals surface area contributed by atoms with E-state index in [1.54, 1.807) is 30.3 Å². The van der Waals surface area contributed by atoms with Crippen molar-refractivity contribution in [3.8, 4) is 5.75 Å². The van der Waals surface area contributed by atoms with Gasteiger partial charge in [0.25, 0.3) is 11.7 Å². The van der Waals surface area contributed by atoms with E-state index < -0.39 is 29.0 Å². The summed E-state index contributed by atoms with van der Waals surface area (Å²) in [7, 11) is 1.56. The maximum atomic E-state index is 12.5. The highest BCUT2D eigenvalue weighted by atomic mass is 32.1. The van der Waals surface area contributed by atoms with E-state index in [9.17, 15) is 35.9 Å². The molecule has 0 aromatic carbocycles. The third kappa shape index (κ3) is 7.07. The predicted molar refractivity (Wildman–Crippen MR) is 107 cm³/mol. The molecule has 8 nitrogen and oxygen atoms in total. The quantitative estimate of drug-likeness (QED) is 0.494. The largest absolute Gasteiger partial charge is 0.497 e. The Hall–Kier alpha value is -3.36. The molecule has 3 rings (SSSR count). The van der Waals surface area contributed by atoms with E-state index in [2.05, 4.69) is 4.98 Å². The van der Waals surface area contributed by atoms with E-state index >= 15 is 0 Å². The number of Topliss-reactive ketones (excluding diaryl/α,β-unsaturated/α-hetero) is 1. The number of alkyl halides is 6. The second-order valence-corrected chi connectivity index (χ2v) is 7.71. The van der Waals surface area contributed by atoms with Crippen LogP contribution in [0.4, 0.5) is 32.2 Å². The maximum absolute atomic E-state index is 12.5. The van der Waals surface area contributed by atoms with Gasteiger partial charge in [-0.15, -0.1) is 11.3 Å². The Bertz CT molecular complexity index is 1030. The predicted octanol–water partition coefficient (Wildman–Crippen LogP) is 3.49. The molecule has 0 saturated carbocycles. The van der Waals surface area contributed by atoms with Crippen molar-refractivity contribution in [2.24, 2.45) is 0 Å². The highest BCUT2D eigenvalue weighted by Crippen LogP contribution is 2.27. The van der Waals surface area contributed by atoms with Crippen molar-refractivity contribution >= 4 is 34.8 Å². The standard InChI is InChI=1S/C17H16F3N3O3S.C2HF3O2/c1-26-11-4-5-21-14(10-11)22-6-8-23(9-7-22)16(25)13-3-2-12(27-13)15(24)17(18,19)20;3-2(4,5)1(6)7/h2-5,10H,6-9H2,1H3;(H,6,7). The molecule has 0 unspecified atom stereocenters. The number of rotatable bonds is 4. The van der Waals surface area contributed by atoms with E-state index in [1.165, 1.54) is 6.07 Å². The number of carbonyl (C=O) groups is 3. The topological polar surface area (TPSA) is 100 Å². The van der Waals surface area contributed by atoms with Gasteiger partial charge in [0.2, 0.25) is 0 Å². The minimum Gasteiger partial charge on any atom is -0.497 e.